The fraction of sp³-hybridized carbons (Fsp3) is 0.500. The van der Waals surface area contributed by atoms with Gasteiger partial charge in [0.15, 0.2) is 5.69 Å². The number of aromatic nitrogens is 1. The lowest BCUT2D eigenvalue weighted by Gasteiger charge is -2.08. The Balaban J connectivity index is 1.96. The van der Waals surface area contributed by atoms with Crippen molar-refractivity contribution in [2.45, 2.75) is 19.8 Å². The average Bonchev–Trinajstić information content (AvgIpc) is 3.05. The third-order valence-corrected chi connectivity index (χ3v) is 3.19. The first-order chi connectivity index (χ1) is 7.72. The van der Waals surface area contributed by atoms with E-state index in [-0.39, 0.29) is 0 Å². The zero-order valence-corrected chi connectivity index (χ0v) is 9.44. The van der Waals surface area contributed by atoms with Crippen molar-refractivity contribution in [2.75, 3.05) is 11.9 Å². The molecule has 1 aromatic heterocycles. The molecule has 0 saturated heterocycles. The van der Waals surface area contributed by atoms with Crippen molar-refractivity contribution in [1.82, 2.24) is 4.98 Å². The first kappa shape index (κ1) is 10.9. The van der Waals surface area contributed by atoms with Gasteiger partial charge in [-0.3, -0.25) is 4.79 Å². The summed E-state index contributed by atoms with van der Waals surface area (Å²) in [5.74, 6) is 1.11. The average molecular weight is 219 g/mol. The van der Waals surface area contributed by atoms with Gasteiger partial charge >= 0.3 is 0 Å². The molecule has 2 atom stereocenters. The van der Waals surface area contributed by atoms with Crippen LogP contribution in [0.15, 0.2) is 18.3 Å². The van der Waals surface area contributed by atoms with Crippen molar-refractivity contribution in [3.63, 3.8) is 0 Å². The Labute approximate surface area is 95.3 Å². The molecular formula is C12H17N3O. The van der Waals surface area contributed by atoms with E-state index in [1.807, 2.05) is 6.07 Å². The summed E-state index contributed by atoms with van der Waals surface area (Å²) in [5.41, 5.74) is 6.33. The highest BCUT2D eigenvalue weighted by Gasteiger charge is 2.34. The van der Waals surface area contributed by atoms with Gasteiger partial charge in [0.2, 0.25) is 0 Å². The molecule has 4 heteroatoms. The van der Waals surface area contributed by atoms with Crippen molar-refractivity contribution in [1.29, 1.82) is 0 Å². The lowest BCUT2D eigenvalue weighted by molar-refractivity contribution is 0.0996. The number of anilines is 1. The minimum Gasteiger partial charge on any atom is -0.383 e. The first-order valence-corrected chi connectivity index (χ1v) is 5.71. The normalized spacial score (nSPS) is 22.8. The van der Waals surface area contributed by atoms with Crippen molar-refractivity contribution < 1.29 is 4.79 Å². The minimum absolute atomic E-state index is 0.330. The van der Waals surface area contributed by atoms with Crippen molar-refractivity contribution in [2.24, 2.45) is 17.6 Å². The van der Waals surface area contributed by atoms with Crippen LogP contribution in [0.2, 0.25) is 0 Å². The number of nitrogens with one attached hydrogen (secondary N) is 1. The minimum atomic E-state index is -0.481. The summed E-state index contributed by atoms with van der Waals surface area (Å²) in [5, 5.41) is 3.26. The zero-order valence-electron chi connectivity index (χ0n) is 9.44. The molecule has 0 unspecified atom stereocenters. The molecule has 86 valence electrons. The molecule has 1 heterocycles. The van der Waals surface area contributed by atoms with E-state index in [9.17, 15) is 4.79 Å². The number of nitrogens with two attached hydrogens (primary N) is 1. The monoisotopic (exact) mass is 219 g/mol. The van der Waals surface area contributed by atoms with Gasteiger partial charge in [-0.2, -0.15) is 0 Å². The number of carbonyl (C=O) groups excluding carboxylic acids is 1. The van der Waals surface area contributed by atoms with Crippen LogP contribution in [0.4, 0.5) is 5.69 Å². The van der Waals surface area contributed by atoms with E-state index in [0.29, 0.717) is 5.69 Å². The summed E-state index contributed by atoms with van der Waals surface area (Å²) in [6, 6.07) is 3.65. The van der Waals surface area contributed by atoms with Gasteiger partial charge in [-0.05, 0) is 30.4 Å². The van der Waals surface area contributed by atoms with Gasteiger partial charge in [0.25, 0.3) is 5.91 Å². The lowest BCUT2D eigenvalue weighted by atomic mass is 10.2. The molecule has 2 rings (SSSR count). The van der Waals surface area contributed by atoms with Gasteiger partial charge in [-0.15, -0.1) is 0 Å². The molecule has 0 aliphatic heterocycles. The number of nitrogens with zero attached hydrogens (tertiary/aromatic N) is 1. The number of hydrogen-bond donors (Lipinski definition) is 2. The van der Waals surface area contributed by atoms with Crippen molar-refractivity contribution >= 4 is 11.6 Å². The smallest absolute Gasteiger partial charge is 0.269 e. The number of primary amides is 1. The van der Waals surface area contributed by atoms with E-state index in [1.54, 1.807) is 12.3 Å². The molecule has 0 spiro atoms. The topological polar surface area (TPSA) is 68.0 Å². The Kier molecular flexibility index (Phi) is 3.08. The highest BCUT2D eigenvalue weighted by atomic mass is 16.1. The van der Waals surface area contributed by atoms with E-state index in [2.05, 4.69) is 17.2 Å². The molecule has 0 aromatic carbocycles. The van der Waals surface area contributed by atoms with Gasteiger partial charge in [0, 0.05) is 12.7 Å². The quantitative estimate of drug-likeness (QED) is 0.791. The summed E-state index contributed by atoms with van der Waals surface area (Å²) < 4.78 is 0. The van der Waals surface area contributed by atoms with Crippen LogP contribution >= 0.6 is 0 Å². The van der Waals surface area contributed by atoms with Crippen molar-refractivity contribution in [3.05, 3.63) is 24.0 Å². The van der Waals surface area contributed by atoms with Crippen molar-refractivity contribution in [3.8, 4) is 0 Å². The molecule has 1 fully saturated rings. The molecule has 1 saturated carbocycles. The van der Waals surface area contributed by atoms with Crippen LogP contribution in [0.3, 0.4) is 0 Å². The van der Waals surface area contributed by atoms with Crippen LogP contribution in [0.5, 0.6) is 0 Å². The lowest BCUT2D eigenvalue weighted by Crippen LogP contribution is -2.17. The van der Waals surface area contributed by atoms with E-state index in [1.165, 1.54) is 12.8 Å². The number of rotatable bonds is 5. The van der Waals surface area contributed by atoms with Crippen LogP contribution in [-0.4, -0.2) is 17.4 Å². The van der Waals surface area contributed by atoms with Crippen LogP contribution in [-0.2, 0) is 0 Å². The third kappa shape index (κ3) is 2.32. The number of carbonyl (C=O) groups is 1. The fourth-order valence-electron chi connectivity index (χ4n) is 2.05. The maximum atomic E-state index is 11.1. The molecule has 1 aromatic rings. The summed E-state index contributed by atoms with van der Waals surface area (Å²) in [4.78, 5) is 15.1. The van der Waals surface area contributed by atoms with Crippen LogP contribution in [0.1, 0.15) is 30.3 Å². The van der Waals surface area contributed by atoms with Gasteiger partial charge in [0.1, 0.15) is 0 Å². The highest BCUT2D eigenvalue weighted by Crippen LogP contribution is 2.40. The fourth-order valence-corrected chi connectivity index (χ4v) is 2.05. The number of pyridine rings is 1. The van der Waals surface area contributed by atoms with Gasteiger partial charge in [0.05, 0.1) is 5.69 Å². The number of hydrogen-bond acceptors (Lipinski definition) is 3. The predicted molar refractivity (Wildman–Crippen MR) is 63.1 cm³/mol. The summed E-state index contributed by atoms with van der Waals surface area (Å²) >= 11 is 0. The summed E-state index contributed by atoms with van der Waals surface area (Å²) in [6.07, 6.45) is 4.11. The highest BCUT2D eigenvalue weighted by molar-refractivity contribution is 5.96. The van der Waals surface area contributed by atoms with E-state index >= 15 is 0 Å². The SMILES string of the molecule is CC[C@@H]1C[C@H]1CNc1cccnc1C(N)=O. The molecule has 16 heavy (non-hydrogen) atoms. The molecule has 1 aliphatic carbocycles. The van der Waals surface area contributed by atoms with Gasteiger partial charge in [-0.1, -0.05) is 13.3 Å². The Morgan fingerprint density at radius 3 is 3.06 bits per heavy atom. The molecule has 0 radical (unpaired) electrons. The Bertz CT molecular complexity index is 392. The van der Waals surface area contributed by atoms with Gasteiger partial charge < -0.3 is 11.1 Å². The molecule has 0 bridgehead atoms. The summed E-state index contributed by atoms with van der Waals surface area (Å²) in [6.45, 7) is 3.12. The predicted octanol–water partition coefficient (Wildman–Crippen LogP) is 1.64. The Hall–Kier alpha value is -1.58. The van der Waals surface area contributed by atoms with Gasteiger partial charge in [-0.25, -0.2) is 4.98 Å². The number of amides is 1. The van der Waals surface area contributed by atoms with Crippen LogP contribution in [0.25, 0.3) is 0 Å². The third-order valence-electron chi connectivity index (χ3n) is 3.19. The Morgan fingerprint density at radius 1 is 1.62 bits per heavy atom. The van der Waals surface area contributed by atoms with Crippen LogP contribution in [0, 0.1) is 11.8 Å². The second-order valence-electron chi connectivity index (χ2n) is 4.31. The standard InChI is InChI=1S/C12H17N3O/c1-2-8-6-9(8)7-15-10-4-3-5-14-11(10)12(13)16/h3-5,8-9,15H,2,6-7H2,1H3,(H2,13,16)/t8-,9+/m1/s1. The molecule has 1 aliphatic rings. The molecule has 1 amide bonds. The second kappa shape index (κ2) is 4.51. The van der Waals surface area contributed by atoms with E-state index in [0.717, 1.165) is 24.1 Å². The Morgan fingerprint density at radius 2 is 2.44 bits per heavy atom. The van der Waals surface area contributed by atoms with E-state index < -0.39 is 5.91 Å². The molecule has 4 nitrogen and oxygen atoms in total. The van der Waals surface area contributed by atoms with Crippen LogP contribution < -0.4 is 11.1 Å². The molecule has 3 N–H and O–H groups in total. The van der Waals surface area contributed by atoms with E-state index in [4.69, 9.17) is 5.73 Å². The first-order valence-electron chi connectivity index (χ1n) is 5.71. The summed E-state index contributed by atoms with van der Waals surface area (Å²) in [7, 11) is 0. The second-order valence-corrected chi connectivity index (χ2v) is 4.31. The zero-order chi connectivity index (χ0) is 11.5. The maximum Gasteiger partial charge on any atom is 0.269 e. The largest absolute Gasteiger partial charge is 0.383 e. The maximum absolute atomic E-state index is 11.1. The molecular weight excluding hydrogens is 202 g/mol.